The van der Waals surface area contributed by atoms with E-state index in [0.717, 1.165) is 6.08 Å². The Kier molecular flexibility index (Phi) is 3.42. The first-order chi connectivity index (χ1) is 4.48. The predicted molar refractivity (Wildman–Crippen MR) is 33.5 cm³/mol. The average molecular weight is 153 g/mol. The van der Waals surface area contributed by atoms with E-state index in [-0.39, 0.29) is 0 Å². The zero-order chi connectivity index (χ0) is 8.20. The third-order valence-corrected chi connectivity index (χ3v) is 0.957. The van der Waals surface area contributed by atoms with Gasteiger partial charge in [0.1, 0.15) is 6.04 Å². The van der Waals surface area contributed by atoms with Gasteiger partial charge in [0.2, 0.25) is 0 Å². The molecule has 0 aliphatic carbocycles. The summed E-state index contributed by atoms with van der Waals surface area (Å²) in [5, 5.41) is 0. The molecule has 0 aliphatic rings. The highest BCUT2D eigenvalue weighted by Gasteiger charge is 2.34. The van der Waals surface area contributed by atoms with E-state index in [1.807, 2.05) is 0 Å². The summed E-state index contributed by atoms with van der Waals surface area (Å²) in [5.74, 6) is 0. The molecule has 0 aromatic heterocycles. The quantitative estimate of drug-likeness (QED) is 0.602. The molecule has 1 nitrogen and oxygen atoms in total. The first-order valence-corrected chi connectivity index (χ1v) is 2.97. The Morgan fingerprint density at radius 3 is 2.30 bits per heavy atom. The Morgan fingerprint density at radius 2 is 2.00 bits per heavy atom. The summed E-state index contributed by atoms with van der Waals surface area (Å²) in [6.45, 7) is 1.75. The topological polar surface area (TPSA) is 26.0 Å². The van der Waals surface area contributed by atoms with Crippen molar-refractivity contribution in [3.8, 4) is 0 Å². The number of halogens is 3. The van der Waals surface area contributed by atoms with Crippen molar-refractivity contribution in [3.63, 3.8) is 0 Å². The van der Waals surface area contributed by atoms with Gasteiger partial charge in [0.15, 0.2) is 0 Å². The second-order valence-corrected chi connectivity index (χ2v) is 1.90. The molecule has 0 spiro atoms. The molecule has 0 saturated heterocycles. The maximum Gasteiger partial charge on any atom is 0.407 e. The Morgan fingerprint density at radius 1 is 1.50 bits per heavy atom. The van der Waals surface area contributed by atoms with Crippen molar-refractivity contribution in [2.24, 2.45) is 5.73 Å². The first-order valence-electron chi connectivity index (χ1n) is 2.97. The lowest BCUT2D eigenvalue weighted by Gasteiger charge is -2.10. The predicted octanol–water partition coefficient (Wildman–Crippen LogP) is 1.84. The smallest absolute Gasteiger partial charge is 0.317 e. The van der Waals surface area contributed by atoms with E-state index in [9.17, 15) is 13.2 Å². The van der Waals surface area contributed by atoms with Gasteiger partial charge in [-0.2, -0.15) is 13.2 Å². The largest absolute Gasteiger partial charge is 0.407 e. The molecule has 2 N–H and O–H groups in total. The molecule has 0 aromatic carbocycles. The van der Waals surface area contributed by atoms with Crippen LogP contribution in [0.25, 0.3) is 0 Å². The van der Waals surface area contributed by atoms with E-state index in [2.05, 4.69) is 0 Å². The van der Waals surface area contributed by atoms with E-state index in [1.54, 1.807) is 6.92 Å². The Bertz CT molecular complexity index is 117. The van der Waals surface area contributed by atoms with Gasteiger partial charge in [-0.25, -0.2) is 0 Å². The summed E-state index contributed by atoms with van der Waals surface area (Å²) >= 11 is 0. The number of nitrogens with two attached hydrogens (primary N) is 1. The molecule has 0 bridgehead atoms. The van der Waals surface area contributed by atoms with Crippen LogP contribution < -0.4 is 5.73 Å². The molecule has 0 amide bonds. The second kappa shape index (κ2) is 3.61. The summed E-state index contributed by atoms with van der Waals surface area (Å²) in [5.41, 5.74) is 4.72. The highest BCUT2D eigenvalue weighted by atomic mass is 19.4. The maximum atomic E-state index is 11.6. The van der Waals surface area contributed by atoms with E-state index >= 15 is 0 Å². The lowest BCUT2D eigenvalue weighted by Crippen LogP contribution is -2.35. The van der Waals surface area contributed by atoms with Gasteiger partial charge in [-0.3, -0.25) is 0 Å². The third-order valence-electron chi connectivity index (χ3n) is 0.957. The summed E-state index contributed by atoms with van der Waals surface area (Å²) in [4.78, 5) is 0. The molecule has 10 heavy (non-hydrogen) atoms. The monoisotopic (exact) mass is 153 g/mol. The fourth-order valence-corrected chi connectivity index (χ4v) is 0.392. The number of hydrogen-bond donors (Lipinski definition) is 1. The minimum atomic E-state index is -4.30. The zero-order valence-corrected chi connectivity index (χ0v) is 5.65. The summed E-state index contributed by atoms with van der Waals surface area (Å²) in [6, 6.07) is -1.81. The minimum Gasteiger partial charge on any atom is -0.317 e. The van der Waals surface area contributed by atoms with Gasteiger partial charge >= 0.3 is 6.18 Å². The van der Waals surface area contributed by atoms with Gasteiger partial charge < -0.3 is 5.73 Å². The number of alkyl halides is 3. The second-order valence-electron chi connectivity index (χ2n) is 1.90. The van der Waals surface area contributed by atoms with Crippen LogP contribution in [-0.2, 0) is 0 Å². The van der Waals surface area contributed by atoms with Crippen LogP contribution in [0, 0.1) is 0 Å². The van der Waals surface area contributed by atoms with Crippen LogP contribution >= 0.6 is 0 Å². The molecular formula is C6H10F3N. The lowest BCUT2D eigenvalue weighted by molar-refractivity contribution is -0.136. The van der Waals surface area contributed by atoms with Gasteiger partial charge in [-0.05, 0) is 6.42 Å². The average Bonchev–Trinajstić information content (AvgIpc) is 1.80. The SMILES string of the molecule is CC/C=C/C(N)C(F)(F)F. The van der Waals surface area contributed by atoms with Crippen LogP contribution in [0.1, 0.15) is 13.3 Å². The summed E-state index contributed by atoms with van der Waals surface area (Å²) in [6.07, 6.45) is -1.37. The Balaban J connectivity index is 3.84. The molecule has 60 valence electrons. The van der Waals surface area contributed by atoms with Crippen molar-refractivity contribution in [3.05, 3.63) is 12.2 Å². The molecule has 0 saturated carbocycles. The van der Waals surface area contributed by atoms with E-state index < -0.39 is 12.2 Å². The third kappa shape index (κ3) is 3.50. The van der Waals surface area contributed by atoms with Crippen molar-refractivity contribution < 1.29 is 13.2 Å². The fraction of sp³-hybridized carbons (Fsp3) is 0.667. The molecule has 0 aromatic rings. The number of hydrogen-bond acceptors (Lipinski definition) is 1. The molecule has 0 aliphatic heterocycles. The summed E-state index contributed by atoms with van der Waals surface area (Å²) in [7, 11) is 0. The molecule has 4 heteroatoms. The van der Waals surface area contributed by atoms with Crippen LogP contribution in [0.4, 0.5) is 13.2 Å². The molecule has 0 fully saturated rings. The van der Waals surface area contributed by atoms with E-state index in [0.29, 0.717) is 6.42 Å². The molecule has 0 heterocycles. The highest BCUT2D eigenvalue weighted by Crippen LogP contribution is 2.18. The van der Waals surface area contributed by atoms with Crippen LogP contribution in [-0.4, -0.2) is 12.2 Å². The maximum absolute atomic E-state index is 11.6. The van der Waals surface area contributed by atoms with Crippen molar-refractivity contribution in [1.29, 1.82) is 0 Å². The van der Waals surface area contributed by atoms with Crippen molar-refractivity contribution in [2.45, 2.75) is 25.6 Å². The first kappa shape index (κ1) is 9.49. The standard InChI is InChI=1S/C6H10F3N/c1-2-3-4-5(10)6(7,8)9/h3-5H,2,10H2,1H3/b4-3+. The minimum absolute atomic E-state index is 0.573. The van der Waals surface area contributed by atoms with Gasteiger partial charge in [0, 0.05) is 0 Å². The number of allylic oxidation sites excluding steroid dienone is 1. The Hall–Kier alpha value is -0.510. The number of rotatable bonds is 2. The van der Waals surface area contributed by atoms with Crippen LogP contribution in [0.2, 0.25) is 0 Å². The van der Waals surface area contributed by atoms with Gasteiger partial charge in [-0.15, -0.1) is 0 Å². The Labute approximate surface area is 57.7 Å². The van der Waals surface area contributed by atoms with Crippen LogP contribution in [0.15, 0.2) is 12.2 Å². The molecule has 1 unspecified atom stereocenters. The van der Waals surface area contributed by atoms with Gasteiger partial charge in [0.05, 0.1) is 0 Å². The molecule has 1 atom stereocenters. The molecule has 0 radical (unpaired) electrons. The lowest BCUT2D eigenvalue weighted by atomic mass is 10.2. The van der Waals surface area contributed by atoms with Gasteiger partial charge in [0.25, 0.3) is 0 Å². The van der Waals surface area contributed by atoms with Crippen molar-refractivity contribution in [1.82, 2.24) is 0 Å². The van der Waals surface area contributed by atoms with Gasteiger partial charge in [-0.1, -0.05) is 19.1 Å². The van der Waals surface area contributed by atoms with E-state index in [1.165, 1.54) is 6.08 Å². The van der Waals surface area contributed by atoms with Crippen molar-refractivity contribution >= 4 is 0 Å². The molecular weight excluding hydrogens is 143 g/mol. The fourth-order valence-electron chi connectivity index (χ4n) is 0.392. The zero-order valence-electron chi connectivity index (χ0n) is 5.65. The molecule has 0 rings (SSSR count). The van der Waals surface area contributed by atoms with Crippen molar-refractivity contribution in [2.75, 3.05) is 0 Å². The van der Waals surface area contributed by atoms with Crippen LogP contribution in [0.5, 0.6) is 0 Å². The highest BCUT2D eigenvalue weighted by molar-refractivity contribution is 4.94. The normalized spacial score (nSPS) is 16.1. The van der Waals surface area contributed by atoms with E-state index in [4.69, 9.17) is 5.73 Å². The summed E-state index contributed by atoms with van der Waals surface area (Å²) < 4.78 is 34.8. The van der Waals surface area contributed by atoms with Crippen LogP contribution in [0.3, 0.4) is 0 Å².